The molecule has 172 valence electrons. The maximum Gasteiger partial charge on any atom is 0.353 e. The van der Waals surface area contributed by atoms with E-state index >= 15 is 0 Å². The van der Waals surface area contributed by atoms with Gasteiger partial charge in [-0.2, -0.15) is 0 Å². The number of nitrogens with one attached hydrogen (secondary N) is 1. The molecule has 4 rings (SSSR count). The van der Waals surface area contributed by atoms with Gasteiger partial charge < -0.3 is 32.8 Å². The van der Waals surface area contributed by atoms with Crippen molar-refractivity contribution in [1.29, 1.82) is 0 Å². The summed E-state index contributed by atoms with van der Waals surface area (Å²) >= 11 is 1.61. The Morgan fingerprint density at radius 1 is 1.45 bits per heavy atom. The van der Waals surface area contributed by atoms with E-state index in [0.717, 1.165) is 37.3 Å². The fourth-order valence-electron chi connectivity index (χ4n) is 5.10. The summed E-state index contributed by atoms with van der Waals surface area (Å²) in [5.74, 6) is -1.88. The highest BCUT2D eigenvalue weighted by molar-refractivity contribution is 8.03. The molecule has 1 aromatic heterocycles. The largest absolute Gasteiger partial charge is 1.00 e. The number of aromatic nitrogens is 2. The van der Waals surface area contributed by atoms with Gasteiger partial charge in [-0.05, 0) is 26.2 Å². The first-order chi connectivity index (χ1) is 14.3. The molecule has 6 atom stereocenters. The number of nitrogens with zero attached hydrogens (tertiary/aromatic N) is 3. The van der Waals surface area contributed by atoms with Crippen LogP contribution in [-0.4, -0.2) is 61.5 Å². The van der Waals surface area contributed by atoms with E-state index in [1.54, 1.807) is 18.7 Å². The number of aliphatic hydroxyl groups is 1. The van der Waals surface area contributed by atoms with Gasteiger partial charge >= 0.3 is 5.97 Å². The zero-order chi connectivity index (χ0) is 21.6. The van der Waals surface area contributed by atoms with E-state index < -0.39 is 18.0 Å². The van der Waals surface area contributed by atoms with Crippen LogP contribution in [0.4, 0.5) is 0 Å². The van der Waals surface area contributed by atoms with E-state index in [-0.39, 0.29) is 36.0 Å². The number of carbonyl (C=O) groups is 2. The average Bonchev–Trinajstić information content (AvgIpc) is 3.34. The van der Waals surface area contributed by atoms with E-state index in [1.165, 1.54) is 4.90 Å². The minimum absolute atomic E-state index is 0. The van der Waals surface area contributed by atoms with Crippen molar-refractivity contribution in [2.75, 3.05) is 6.54 Å². The van der Waals surface area contributed by atoms with Gasteiger partial charge in [-0.25, -0.2) is 13.9 Å². The molecule has 1 aromatic rings. The van der Waals surface area contributed by atoms with Crippen LogP contribution in [0.15, 0.2) is 29.3 Å². The van der Waals surface area contributed by atoms with Crippen LogP contribution < -0.4 is 22.3 Å². The van der Waals surface area contributed by atoms with Crippen molar-refractivity contribution in [2.45, 2.75) is 63.1 Å². The first-order valence-corrected chi connectivity index (χ1v) is 11.6. The normalized spacial score (nSPS) is 30.8. The van der Waals surface area contributed by atoms with Gasteiger partial charge in [0.25, 0.3) is 0 Å². The molecule has 0 saturated carbocycles. The van der Waals surface area contributed by atoms with Crippen LogP contribution >= 0.6 is 11.8 Å². The number of aliphatic hydroxyl groups excluding tert-OH is 1. The number of halogens is 1. The highest BCUT2D eigenvalue weighted by Gasteiger charge is 2.60. The van der Waals surface area contributed by atoms with Crippen LogP contribution in [0.3, 0.4) is 0 Å². The Morgan fingerprint density at radius 2 is 2.19 bits per heavy atom. The molecule has 2 saturated heterocycles. The molecular formula is C21H31ClN4O4S. The van der Waals surface area contributed by atoms with Crippen LogP contribution in [0.5, 0.6) is 0 Å². The fourth-order valence-corrected chi connectivity index (χ4v) is 6.62. The third-order valence-corrected chi connectivity index (χ3v) is 8.09. The Kier molecular flexibility index (Phi) is 7.40. The second-order valence-electron chi connectivity index (χ2n) is 8.81. The van der Waals surface area contributed by atoms with Gasteiger partial charge in [-0.15, -0.1) is 11.8 Å². The number of imidazole rings is 1. The monoisotopic (exact) mass is 470 g/mol. The number of fused-ring (bicyclic) bond motifs is 1. The van der Waals surface area contributed by atoms with Gasteiger partial charge in [0.15, 0.2) is 0 Å². The molecule has 10 heteroatoms. The lowest BCUT2D eigenvalue weighted by molar-refractivity contribution is -0.671. The number of β-lactam (4-membered cyclic amide) rings is 1. The van der Waals surface area contributed by atoms with Gasteiger partial charge in [0.2, 0.25) is 12.2 Å². The summed E-state index contributed by atoms with van der Waals surface area (Å²) in [5, 5.41) is 23.6. The average molecular weight is 471 g/mol. The molecule has 0 bridgehead atoms. The number of thioether (sulfide) groups is 1. The summed E-state index contributed by atoms with van der Waals surface area (Å²) in [5.41, 5.74) is 0.128. The summed E-state index contributed by atoms with van der Waals surface area (Å²) in [4.78, 5) is 26.6. The molecular weight excluding hydrogens is 440 g/mol. The Bertz CT molecular complexity index is 873. The molecule has 4 heterocycles. The Hall–Kier alpha value is -1.55. The molecule has 0 spiro atoms. The lowest BCUT2D eigenvalue weighted by Crippen LogP contribution is -3.00. The Morgan fingerprint density at radius 3 is 2.81 bits per heavy atom. The van der Waals surface area contributed by atoms with Crippen molar-refractivity contribution in [1.82, 2.24) is 14.8 Å². The van der Waals surface area contributed by atoms with E-state index in [4.69, 9.17) is 0 Å². The first-order valence-electron chi connectivity index (χ1n) is 10.7. The second-order valence-corrected chi connectivity index (χ2v) is 10.2. The lowest BCUT2D eigenvalue weighted by atomic mass is 9.79. The molecule has 31 heavy (non-hydrogen) atoms. The van der Waals surface area contributed by atoms with Crippen LogP contribution in [0, 0.1) is 11.8 Å². The van der Waals surface area contributed by atoms with Gasteiger partial charge in [0.05, 0.1) is 31.7 Å². The third kappa shape index (κ3) is 4.51. The molecule has 8 nitrogen and oxygen atoms in total. The molecule has 3 N–H and O–H groups in total. The second kappa shape index (κ2) is 9.52. The highest BCUT2D eigenvalue weighted by Crippen LogP contribution is 2.51. The molecule has 1 amide bonds. The number of hydrogen-bond acceptors (Lipinski definition) is 5. The molecule has 2 fully saturated rings. The standard InChI is InChI=1S/C21H30N4O4S.ClH/c1-12-17-16(13(2)26)20(27)25(17)18(21(28)29)19(12)30-15-9-14(22-10-15)5-4-6-24-8-7-23(3)11-24;/h7-8,11-17,22,26H,4-6,9-10H2,1-3H3;1H/t12-,13-,14-,15+,16-,17-;/m1./s1. The van der Waals surface area contributed by atoms with Crippen molar-refractivity contribution >= 4 is 23.6 Å². The minimum atomic E-state index is -1.05. The van der Waals surface area contributed by atoms with Crippen molar-refractivity contribution in [3.05, 3.63) is 29.3 Å². The number of hydrogen-bond donors (Lipinski definition) is 3. The summed E-state index contributed by atoms with van der Waals surface area (Å²) in [6, 6.07) is 0.195. The summed E-state index contributed by atoms with van der Waals surface area (Å²) in [6.07, 6.45) is 8.58. The van der Waals surface area contributed by atoms with E-state index in [9.17, 15) is 19.8 Å². The molecule has 0 unspecified atom stereocenters. The number of carbonyl (C=O) groups excluding carboxylic acids is 1. The van der Waals surface area contributed by atoms with Crippen molar-refractivity contribution in [3.8, 4) is 0 Å². The number of carboxylic acids is 1. The summed E-state index contributed by atoms with van der Waals surface area (Å²) < 4.78 is 4.22. The number of rotatable bonds is 8. The molecule has 0 radical (unpaired) electrons. The SMILES string of the molecule is C[C@@H](O)[C@H]1C(=O)N2C(C(=O)O)=C(S[C@@H]3CN[C@H](CCCn4cc[n+](C)c4)C3)[C@H](C)[C@H]12.[Cl-]. The van der Waals surface area contributed by atoms with Crippen LogP contribution in [0.25, 0.3) is 0 Å². The van der Waals surface area contributed by atoms with Gasteiger partial charge in [-0.1, -0.05) is 6.92 Å². The molecule has 3 aliphatic rings. The summed E-state index contributed by atoms with van der Waals surface area (Å²) in [6.45, 7) is 5.42. The predicted molar refractivity (Wildman–Crippen MR) is 112 cm³/mol. The van der Waals surface area contributed by atoms with Gasteiger partial charge in [0.1, 0.15) is 18.1 Å². The highest BCUT2D eigenvalue weighted by atomic mass is 35.5. The fraction of sp³-hybridized carbons (Fsp3) is 0.667. The summed E-state index contributed by atoms with van der Waals surface area (Å²) in [7, 11) is 2.01. The topological polar surface area (TPSA) is 98.7 Å². The molecule has 0 aromatic carbocycles. The zero-order valence-corrected chi connectivity index (χ0v) is 19.6. The maximum atomic E-state index is 12.5. The number of aryl methyl sites for hydroxylation is 2. The zero-order valence-electron chi connectivity index (χ0n) is 18.1. The third-order valence-electron chi connectivity index (χ3n) is 6.58. The van der Waals surface area contributed by atoms with Crippen molar-refractivity contribution < 1.29 is 36.8 Å². The van der Waals surface area contributed by atoms with Crippen molar-refractivity contribution in [3.63, 3.8) is 0 Å². The van der Waals surface area contributed by atoms with Crippen molar-refractivity contribution in [2.24, 2.45) is 18.9 Å². The molecule has 0 aliphatic carbocycles. The smallest absolute Gasteiger partial charge is 0.353 e. The number of amides is 1. The quantitative estimate of drug-likeness (QED) is 0.292. The Labute approximate surface area is 193 Å². The van der Waals surface area contributed by atoms with Crippen LogP contribution in [0.2, 0.25) is 0 Å². The van der Waals surface area contributed by atoms with Gasteiger partial charge in [-0.3, -0.25) is 4.79 Å². The first kappa shape index (κ1) is 24.1. The van der Waals surface area contributed by atoms with E-state index in [2.05, 4.69) is 22.4 Å². The number of aliphatic carboxylic acids is 1. The van der Waals surface area contributed by atoms with Crippen LogP contribution in [0.1, 0.15) is 33.1 Å². The van der Waals surface area contributed by atoms with E-state index in [0.29, 0.717) is 11.3 Å². The van der Waals surface area contributed by atoms with Gasteiger partial charge in [0, 0.05) is 28.7 Å². The van der Waals surface area contributed by atoms with Crippen LogP contribution in [-0.2, 0) is 23.2 Å². The minimum Gasteiger partial charge on any atom is -1.00 e. The Balaban J connectivity index is 0.00000272. The maximum absolute atomic E-state index is 12.5. The lowest BCUT2D eigenvalue weighted by Gasteiger charge is -2.46. The predicted octanol–water partition coefficient (Wildman–Crippen LogP) is -2.29. The van der Waals surface area contributed by atoms with E-state index in [1.807, 2.05) is 24.7 Å². The number of carboxylic acid groups (broad SMARTS) is 1. The molecule has 3 aliphatic heterocycles.